The molecule has 122 valence electrons. The first-order chi connectivity index (χ1) is 10.7. The average Bonchev–Trinajstić information content (AvgIpc) is 2.47. The molecule has 0 bridgehead atoms. The first kappa shape index (κ1) is 16.5. The van der Waals surface area contributed by atoms with Crippen molar-refractivity contribution in [3.8, 4) is 0 Å². The second-order valence-corrected chi connectivity index (χ2v) is 4.70. The number of benzene rings is 2. The molecule has 0 radical (unpaired) electrons. The van der Waals surface area contributed by atoms with Gasteiger partial charge in [-0.2, -0.15) is 13.2 Å². The Morgan fingerprint density at radius 2 is 1.78 bits per heavy atom. The van der Waals surface area contributed by atoms with Crippen LogP contribution < -0.4 is 11.1 Å². The van der Waals surface area contributed by atoms with E-state index < -0.39 is 28.2 Å². The summed E-state index contributed by atoms with van der Waals surface area (Å²) in [5.74, 6) is -0.877. The first-order valence-electron chi connectivity index (χ1n) is 6.32. The van der Waals surface area contributed by atoms with Crippen LogP contribution in [0.15, 0.2) is 36.4 Å². The molecule has 2 aromatic rings. The summed E-state index contributed by atoms with van der Waals surface area (Å²) >= 11 is 0. The van der Waals surface area contributed by atoms with Gasteiger partial charge in [-0.3, -0.25) is 10.1 Å². The van der Waals surface area contributed by atoms with Crippen molar-refractivity contribution in [1.82, 2.24) is 0 Å². The third kappa shape index (κ3) is 3.87. The lowest BCUT2D eigenvalue weighted by molar-refractivity contribution is -0.384. The summed E-state index contributed by atoms with van der Waals surface area (Å²) in [7, 11) is 0. The molecule has 0 saturated carbocycles. The Hall–Kier alpha value is -2.84. The van der Waals surface area contributed by atoms with Gasteiger partial charge in [-0.15, -0.1) is 0 Å². The van der Waals surface area contributed by atoms with Gasteiger partial charge in [0, 0.05) is 6.54 Å². The zero-order valence-corrected chi connectivity index (χ0v) is 11.5. The number of nitro benzene ring substituents is 1. The van der Waals surface area contributed by atoms with Gasteiger partial charge in [0.05, 0.1) is 22.2 Å². The Balaban J connectivity index is 2.12. The van der Waals surface area contributed by atoms with Gasteiger partial charge in [-0.1, -0.05) is 12.1 Å². The predicted molar refractivity (Wildman–Crippen MR) is 76.2 cm³/mol. The normalized spacial score (nSPS) is 11.3. The SMILES string of the molecule is Nc1cc(NCc2ccc(C(F)(F)F)cc2)c(F)cc1[N+](=O)[O-]. The van der Waals surface area contributed by atoms with E-state index in [2.05, 4.69) is 5.32 Å². The predicted octanol–water partition coefficient (Wildman–Crippen LogP) is 3.95. The number of nitro groups is 1. The molecule has 2 aromatic carbocycles. The highest BCUT2D eigenvalue weighted by Gasteiger charge is 2.29. The summed E-state index contributed by atoms with van der Waals surface area (Å²) in [6.45, 7) is 0.0340. The largest absolute Gasteiger partial charge is 0.416 e. The van der Waals surface area contributed by atoms with Crippen LogP contribution in [0.5, 0.6) is 0 Å². The van der Waals surface area contributed by atoms with Crippen molar-refractivity contribution < 1.29 is 22.5 Å². The lowest BCUT2D eigenvalue weighted by atomic mass is 10.1. The van der Waals surface area contributed by atoms with Crippen LogP contribution in [-0.2, 0) is 12.7 Å². The minimum Gasteiger partial charge on any atom is -0.393 e. The molecule has 0 unspecified atom stereocenters. The standard InChI is InChI=1S/C14H11F4N3O2/c15-10-5-13(21(22)23)11(19)6-12(10)20-7-8-1-3-9(4-2-8)14(16,17)18/h1-6,20H,7,19H2. The Morgan fingerprint density at radius 3 is 2.30 bits per heavy atom. The molecule has 9 heteroatoms. The summed E-state index contributed by atoms with van der Waals surface area (Å²) in [6.07, 6.45) is -4.43. The van der Waals surface area contributed by atoms with Gasteiger partial charge in [0.1, 0.15) is 5.69 Å². The third-order valence-electron chi connectivity index (χ3n) is 3.08. The maximum atomic E-state index is 13.7. The Morgan fingerprint density at radius 1 is 1.17 bits per heavy atom. The number of nitrogens with zero attached hydrogens (tertiary/aromatic N) is 1. The molecule has 0 aromatic heterocycles. The van der Waals surface area contributed by atoms with Gasteiger partial charge in [0.25, 0.3) is 5.69 Å². The number of alkyl halides is 3. The van der Waals surface area contributed by atoms with Crippen LogP contribution in [0.1, 0.15) is 11.1 Å². The molecule has 0 aliphatic heterocycles. The molecular weight excluding hydrogens is 318 g/mol. The highest BCUT2D eigenvalue weighted by molar-refractivity contribution is 5.66. The van der Waals surface area contributed by atoms with E-state index in [1.54, 1.807) is 0 Å². The second-order valence-electron chi connectivity index (χ2n) is 4.70. The van der Waals surface area contributed by atoms with E-state index >= 15 is 0 Å². The molecule has 2 rings (SSSR count). The molecular formula is C14H11F4N3O2. The summed E-state index contributed by atoms with van der Waals surface area (Å²) in [5.41, 5.74) is 4.30. The molecule has 0 amide bonds. The van der Waals surface area contributed by atoms with E-state index in [0.29, 0.717) is 11.6 Å². The summed E-state index contributed by atoms with van der Waals surface area (Å²) in [6, 6.07) is 6.09. The number of rotatable bonds is 4. The number of nitrogens with two attached hydrogens (primary N) is 1. The quantitative estimate of drug-likeness (QED) is 0.385. The van der Waals surface area contributed by atoms with Crippen LogP contribution in [0.2, 0.25) is 0 Å². The highest BCUT2D eigenvalue weighted by atomic mass is 19.4. The van der Waals surface area contributed by atoms with Crippen LogP contribution in [-0.4, -0.2) is 4.92 Å². The van der Waals surface area contributed by atoms with Crippen LogP contribution in [0.3, 0.4) is 0 Å². The van der Waals surface area contributed by atoms with E-state index in [0.717, 1.165) is 18.2 Å². The van der Waals surface area contributed by atoms with E-state index in [-0.39, 0.29) is 17.9 Å². The second kappa shape index (κ2) is 6.11. The fourth-order valence-corrected chi connectivity index (χ4v) is 1.88. The van der Waals surface area contributed by atoms with Crippen molar-refractivity contribution in [2.45, 2.75) is 12.7 Å². The van der Waals surface area contributed by atoms with Crippen LogP contribution in [0, 0.1) is 15.9 Å². The number of nitrogens with one attached hydrogen (secondary N) is 1. The fraction of sp³-hybridized carbons (Fsp3) is 0.143. The summed E-state index contributed by atoms with van der Waals surface area (Å²) < 4.78 is 51.1. The van der Waals surface area contributed by atoms with Crippen molar-refractivity contribution in [3.05, 3.63) is 63.5 Å². The Bertz CT molecular complexity index is 730. The number of hydrogen-bond acceptors (Lipinski definition) is 4. The number of anilines is 2. The molecule has 3 N–H and O–H groups in total. The molecule has 0 saturated heterocycles. The average molecular weight is 329 g/mol. The van der Waals surface area contributed by atoms with Crippen molar-refractivity contribution in [1.29, 1.82) is 0 Å². The third-order valence-corrected chi connectivity index (χ3v) is 3.08. The maximum absolute atomic E-state index is 13.7. The number of halogens is 4. The van der Waals surface area contributed by atoms with E-state index in [9.17, 15) is 27.7 Å². The fourth-order valence-electron chi connectivity index (χ4n) is 1.88. The Labute approximate surface area is 127 Å². The van der Waals surface area contributed by atoms with Crippen LogP contribution in [0.25, 0.3) is 0 Å². The highest BCUT2D eigenvalue weighted by Crippen LogP contribution is 2.30. The van der Waals surface area contributed by atoms with E-state index in [1.807, 2.05) is 0 Å². The van der Waals surface area contributed by atoms with E-state index in [4.69, 9.17) is 5.73 Å². The van der Waals surface area contributed by atoms with Gasteiger partial charge in [-0.25, -0.2) is 4.39 Å². The first-order valence-corrected chi connectivity index (χ1v) is 6.32. The zero-order valence-electron chi connectivity index (χ0n) is 11.5. The molecule has 0 fully saturated rings. The van der Waals surface area contributed by atoms with Crippen molar-refractivity contribution in [2.75, 3.05) is 11.1 Å². The molecule has 0 aliphatic carbocycles. The van der Waals surface area contributed by atoms with Crippen LogP contribution >= 0.6 is 0 Å². The summed E-state index contributed by atoms with van der Waals surface area (Å²) in [4.78, 5) is 9.82. The van der Waals surface area contributed by atoms with Gasteiger partial charge >= 0.3 is 6.18 Å². The molecule has 0 heterocycles. The van der Waals surface area contributed by atoms with Crippen molar-refractivity contribution >= 4 is 17.1 Å². The molecule has 0 atom stereocenters. The van der Waals surface area contributed by atoms with E-state index in [1.165, 1.54) is 12.1 Å². The molecule has 0 spiro atoms. The molecule has 5 nitrogen and oxygen atoms in total. The van der Waals surface area contributed by atoms with Crippen molar-refractivity contribution in [2.24, 2.45) is 0 Å². The van der Waals surface area contributed by atoms with Gasteiger partial charge < -0.3 is 11.1 Å². The monoisotopic (exact) mass is 329 g/mol. The lowest BCUT2D eigenvalue weighted by Gasteiger charge is -2.10. The minimum atomic E-state index is -4.43. The maximum Gasteiger partial charge on any atom is 0.416 e. The Kier molecular flexibility index (Phi) is 4.39. The number of hydrogen-bond donors (Lipinski definition) is 2. The smallest absolute Gasteiger partial charge is 0.393 e. The van der Waals surface area contributed by atoms with Crippen LogP contribution in [0.4, 0.5) is 34.6 Å². The lowest BCUT2D eigenvalue weighted by Crippen LogP contribution is -2.06. The van der Waals surface area contributed by atoms with Crippen molar-refractivity contribution in [3.63, 3.8) is 0 Å². The number of nitrogen functional groups attached to an aromatic ring is 1. The van der Waals surface area contributed by atoms with Gasteiger partial charge in [0.2, 0.25) is 0 Å². The minimum absolute atomic E-state index is 0.0340. The molecule has 0 aliphatic rings. The summed E-state index contributed by atoms with van der Waals surface area (Å²) in [5, 5.41) is 13.3. The topological polar surface area (TPSA) is 81.2 Å². The van der Waals surface area contributed by atoms with Gasteiger partial charge in [-0.05, 0) is 23.8 Å². The van der Waals surface area contributed by atoms with Gasteiger partial charge in [0.15, 0.2) is 5.82 Å². The molecule has 23 heavy (non-hydrogen) atoms. The zero-order chi connectivity index (χ0) is 17.2.